The number of carbonyl (C=O) groups excluding carboxylic acids is 1. The van der Waals surface area contributed by atoms with Gasteiger partial charge in [-0.2, -0.15) is 0 Å². The number of hydrogen-bond donors (Lipinski definition) is 0. The van der Waals surface area contributed by atoms with E-state index >= 15 is 0 Å². The van der Waals surface area contributed by atoms with Crippen molar-refractivity contribution in [1.82, 2.24) is 4.90 Å². The van der Waals surface area contributed by atoms with Crippen LogP contribution in [0.4, 0.5) is 4.39 Å². The Balaban J connectivity index is 2.00. The van der Waals surface area contributed by atoms with Crippen molar-refractivity contribution in [2.75, 3.05) is 20.3 Å². The molecule has 0 unspecified atom stereocenters. The molecule has 1 aromatic rings. The van der Waals surface area contributed by atoms with Crippen LogP contribution in [-0.2, 0) is 4.79 Å². The molecule has 1 atom stereocenters. The van der Waals surface area contributed by atoms with Gasteiger partial charge in [-0.25, -0.2) is 4.39 Å². The summed E-state index contributed by atoms with van der Waals surface area (Å²) >= 11 is 0. The number of hydrogen-bond acceptors (Lipinski definition) is 3. The number of nitrogens with zero attached hydrogens (tertiary/aromatic N) is 1. The van der Waals surface area contributed by atoms with Crippen LogP contribution >= 0.6 is 0 Å². The number of likely N-dealkylation sites (tertiary alicyclic amines) is 1. The number of methoxy groups -OCH3 is 1. The van der Waals surface area contributed by atoms with E-state index in [-0.39, 0.29) is 24.3 Å². The van der Waals surface area contributed by atoms with Crippen molar-refractivity contribution in [3.8, 4) is 11.5 Å². The summed E-state index contributed by atoms with van der Waals surface area (Å²) in [4.78, 5) is 13.9. The third kappa shape index (κ3) is 3.21. The molecule has 1 aliphatic rings. The highest BCUT2D eigenvalue weighted by molar-refractivity contribution is 5.78. The average Bonchev–Trinajstić information content (AvgIpc) is 2.46. The molecule has 0 aliphatic carbocycles. The number of carbonyl (C=O) groups is 1. The summed E-state index contributed by atoms with van der Waals surface area (Å²) in [6, 6.07) is 4.65. The Morgan fingerprint density at radius 2 is 2.25 bits per heavy atom. The molecule has 1 heterocycles. The second-order valence-corrected chi connectivity index (χ2v) is 4.99. The van der Waals surface area contributed by atoms with E-state index in [1.807, 2.05) is 6.92 Å². The highest BCUT2D eigenvalue weighted by Crippen LogP contribution is 2.29. The molecule has 1 aliphatic heterocycles. The minimum absolute atomic E-state index is 0.00647. The van der Waals surface area contributed by atoms with Crippen molar-refractivity contribution < 1.29 is 18.7 Å². The molecular formula is C15H20FNO3. The van der Waals surface area contributed by atoms with Crippen molar-refractivity contribution in [2.24, 2.45) is 0 Å². The Labute approximate surface area is 118 Å². The summed E-state index contributed by atoms with van der Waals surface area (Å²) < 4.78 is 24.0. The molecule has 0 bridgehead atoms. The molecule has 0 spiro atoms. The van der Waals surface area contributed by atoms with Crippen LogP contribution in [0, 0.1) is 5.82 Å². The van der Waals surface area contributed by atoms with E-state index in [0.717, 1.165) is 25.8 Å². The normalized spacial score (nSPS) is 18.8. The maximum atomic E-state index is 13.7. The molecule has 0 aromatic heterocycles. The van der Waals surface area contributed by atoms with E-state index in [4.69, 9.17) is 9.47 Å². The summed E-state index contributed by atoms with van der Waals surface area (Å²) in [6.45, 7) is 2.61. The van der Waals surface area contributed by atoms with Crippen LogP contribution in [-0.4, -0.2) is 37.1 Å². The third-order valence-corrected chi connectivity index (χ3v) is 3.61. The summed E-state index contributed by atoms with van der Waals surface area (Å²) in [7, 11) is 1.44. The van der Waals surface area contributed by atoms with Gasteiger partial charge >= 0.3 is 0 Å². The number of para-hydroxylation sites is 1. The number of benzene rings is 1. The van der Waals surface area contributed by atoms with Crippen molar-refractivity contribution in [1.29, 1.82) is 0 Å². The van der Waals surface area contributed by atoms with E-state index in [1.165, 1.54) is 19.2 Å². The summed E-state index contributed by atoms with van der Waals surface area (Å²) in [5.41, 5.74) is 0. The van der Waals surface area contributed by atoms with Crippen LogP contribution in [0.2, 0.25) is 0 Å². The number of amides is 1. The lowest BCUT2D eigenvalue weighted by molar-refractivity contribution is -0.136. The van der Waals surface area contributed by atoms with Gasteiger partial charge in [0, 0.05) is 12.6 Å². The van der Waals surface area contributed by atoms with E-state index in [1.54, 1.807) is 11.0 Å². The molecule has 110 valence electrons. The zero-order valence-electron chi connectivity index (χ0n) is 11.9. The third-order valence-electron chi connectivity index (χ3n) is 3.61. The van der Waals surface area contributed by atoms with Crippen LogP contribution in [0.5, 0.6) is 11.5 Å². The van der Waals surface area contributed by atoms with Gasteiger partial charge in [-0.3, -0.25) is 4.79 Å². The Kier molecular flexibility index (Phi) is 4.82. The number of rotatable bonds is 4. The minimum Gasteiger partial charge on any atom is -0.493 e. The molecule has 4 nitrogen and oxygen atoms in total. The second kappa shape index (κ2) is 6.59. The first-order valence-electron chi connectivity index (χ1n) is 6.88. The van der Waals surface area contributed by atoms with Gasteiger partial charge in [0.2, 0.25) is 0 Å². The standard InChI is InChI=1S/C15H20FNO3/c1-11-6-3-4-9-17(11)14(18)10-20-15-12(16)7-5-8-13(15)19-2/h5,7-8,11H,3-4,6,9-10H2,1-2H3/t11-/m0/s1. The molecule has 1 aromatic carbocycles. The maximum absolute atomic E-state index is 13.7. The van der Waals surface area contributed by atoms with Crippen molar-refractivity contribution in [2.45, 2.75) is 32.2 Å². The Hall–Kier alpha value is -1.78. The van der Waals surface area contributed by atoms with Gasteiger partial charge in [-0.05, 0) is 38.3 Å². The predicted octanol–water partition coefficient (Wildman–Crippen LogP) is 2.61. The maximum Gasteiger partial charge on any atom is 0.260 e. The first kappa shape index (κ1) is 14.6. The molecule has 2 rings (SSSR count). The van der Waals surface area contributed by atoms with Crippen LogP contribution < -0.4 is 9.47 Å². The van der Waals surface area contributed by atoms with Crippen LogP contribution in [0.15, 0.2) is 18.2 Å². The lowest BCUT2D eigenvalue weighted by atomic mass is 10.0. The first-order valence-corrected chi connectivity index (χ1v) is 6.88. The Morgan fingerprint density at radius 3 is 2.95 bits per heavy atom. The lowest BCUT2D eigenvalue weighted by Gasteiger charge is -2.33. The molecule has 5 heteroatoms. The largest absolute Gasteiger partial charge is 0.493 e. The SMILES string of the molecule is COc1cccc(F)c1OCC(=O)N1CCCC[C@@H]1C. The van der Waals surface area contributed by atoms with Crippen molar-refractivity contribution in [3.05, 3.63) is 24.0 Å². The zero-order chi connectivity index (χ0) is 14.5. The predicted molar refractivity (Wildman–Crippen MR) is 73.5 cm³/mol. The first-order chi connectivity index (χ1) is 9.63. The van der Waals surface area contributed by atoms with Gasteiger partial charge in [0.25, 0.3) is 5.91 Å². The van der Waals surface area contributed by atoms with E-state index < -0.39 is 5.82 Å². The van der Waals surface area contributed by atoms with E-state index in [0.29, 0.717) is 5.75 Å². The number of halogens is 1. The zero-order valence-corrected chi connectivity index (χ0v) is 11.9. The van der Waals surface area contributed by atoms with Gasteiger partial charge in [0.05, 0.1) is 7.11 Å². The molecule has 0 radical (unpaired) electrons. The highest BCUT2D eigenvalue weighted by atomic mass is 19.1. The molecule has 0 saturated carbocycles. The van der Waals surface area contributed by atoms with Crippen LogP contribution in [0.1, 0.15) is 26.2 Å². The van der Waals surface area contributed by atoms with E-state index in [9.17, 15) is 9.18 Å². The Bertz CT molecular complexity index is 478. The smallest absolute Gasteiger partial charge is 0.260 e. The summed E-state index contributed by atoms with van der Waals surface area (Å²) in [5.74, 6) is -0.344. The quantitative estimate of drug-likeness (QED) is 0.851. The minimum atomic E-state index is -0.524. The van der Waals surface area contributed by atoms with Gasteiger partial charge in [-0.1, -0.05) is 6.07 Å². The van der Waals surface area contributed by atoms with Gasteiger partial charge < -0.3 is 14.4 Å². The van der Waals surface area contributed by atoms with Crippen molar-refractivity contribution in [3.63, 3.8) is 0 Å². The van der Waals surface area contributed by atoms with Gasteiger partial charge in [0.1, 0.15) is 0 Å². The number of piperidine rings is 1. The van der Waals surface area contributed by atoms with Gasteiger partial charge in [-0.15, -0.1) is 0 Å². The number of ether oxygens (including phenoxy) is 2. The Morgan fingerprint density at radius 1 is 1.45 bits per heavy atom. The lowest BCUT2D eigenvalue weighted by Crippen LogP contribution is -2.44. The van der Waals surface area contributed by atoms with Crippen LogP contribution in [0.3, 0.4) is 0 Å². The fraction of sp³-hybridized carbons (Fsp3) is 0.533. The fourth-order valence-corrected chi connectivity index (χ4v) is 2.48. The molecule has 20 heavy (non-hydrogen) atoms. The summed E-state index contributed by atoms with van der Waals surface area (Å²) in [5, 5.41) is 0. The topological polar surface area (TPSA) is 38.8 Å². The van der Waals surface area contributed by atoms with E-state index in [2.05, 4.69) is 0 Å². The monoisotopic (exact) mass is 281 g/mol. The molecule has 1 saturated heterocycles. The average molecular weight is 281 g/mol. The van der Waals surface area contributed by atoms with Crippen LogP contribution in [0.25, 0.3) is 0 Å². The van der Waals surface area contributed by atoms with Crippen molar-refractivity contribution >= 4 is 5.91 Å². The van der Waals surface area contributed by atoms with Gasteiger partial charge in [0.15, 0.2) is 23.9 Å². The highest BCUT2D eigenvalue weighted by Gasteiger charge is 2.24. The second-order valence-electron chi connectivity index (χ2n) is 4.99. The fourth-order valence-electron chi connectivity index (χ4n) is 2.48. The summed E-state index contributed by atoms with van der Waals surface area (Å²) in [6.07, 6.45) is 3.17. The molecule has 1 fully saturated rings. The molecular weight excluding hydrogens is 261 g/mol. The molecule has 1 amide bonds. The molecule has 0 N–H and O–H groups in total.